The molecule has 0 fully saturated rings. The number of anilines is 1. The first-order chi connectivity index (χ1) is 13.4. The summed E-state index contributed by atoms with van der Waals surface area (Å²) in [5.41, 5.74) is 0.621. The molecule has 0 saturated heterocycles. The highest BCUT2D eigenvalue weighted by molar-refractivity contribution is 6.01. The second kappa shape index (κ2) is 8.16. The van der Waals surface area contributed by atoms with Crippen molar-refractivity contribution >= 4 is 28.4 Å². The number of para-hydroxylation sites is 1. The molecule has 3 rings (SSSR count). The van der Waals surface area contributed by atoms with Crippen molar-refractivity contribution in [1.29, 1.82) is 0 Å². The van der Waals surface area contributed by atoms with Gasteiger partial charge in [0.2, 0.25) is 5.91 Å². The Bertz CT molecular complexity index is 1000. The van der Waals surface area contributed by atoms with Crippen molar-refractivity contribution in [1.82, 2.24) is 9.88 Å². The van der Waals surface area contributed by atoms with Crippen LogP contribution in [0.15, 0.2) is 42.5 Å². The number of aromatic nitrogens is 1. The van der Waals surface area contributed by atoms with Crippen LogP contribution in [-0.2, 0) is 4.79 Å². The van der Waals surface area contributed by atoms with E-state index in [1.807, 2.05) is 31.2 Å². The van der Waals surface area contributed by atoms with Gasteiger partial charge in [-0.25, -0.2) is 13.2 Å². The Labute approximate surface area is 159 Å². The molecule has 0 spiro atoms. The molecule has 2 amide bonds. The number of carbonyl (C=O) groups is 2. The third kappa shape index (κ3) is 4.00. The molecule has 2 aromatic carbocycles. The number of hydrogen-bond donors (Lipinski definition) is 2. The Hall–Kier alpha value is -3.29. The summed E-state index contributed by atoms with van der Waals surface area (Å²) in [5, 5.41) is 3.03. The smallest absolute Gasteiger partial charge is 0.270 e. The van der Waals surface area contributed by atoms with Crippen LogP contribution < -0.4 is 5.32 Å². The summed E-state index contributed by atoms with van der Waals surface area (Å²) >= 11 is 0. The third-order valence-corrected chi connectivity index (χ3v) is 4.18. The average molecular weight is 389 g/mol. The Morgan fingerprint density at radius 3 is 2.54 bits per heavy atom. The molecule has 146 valence electrons. The van der Waals surface area contributed by atoms with E-state index in [4.69, 9.17) is 0 Å². The number of amides is 2. The Morgan fingerprint density at radius 1 is 1.07 bits per heavy atom. The quantitative estimate of drug-likeness (QED) is 0.624. The van der Waals surface area contributed by atoms with E-state index in [1.165, 1.54) is 4.90 Å². The summed E-state index contributed by atoms with van der Waals surface area (Å²) in [7, 11) is 0. The maximum atomic E-state index is 13.7. The molecule has 2 N–H and O–H groups in total. The summed E-state index contributed by atoms with van der Waals surface area (Å²) < 4.78 is 40.0. The molecule has 5 nitrogen and oxygen atoms in total. The molecular formula is C20H18F3N3O2. The molecule has 3 aromatic rings. The van der Waals surface area contributed by atoms with Crippen LogP contribution in [0, 0.1) is 17.5 Å². The van der Waals surface area contributed by atoms with E-state index < -0.39 is 29.0 Å². The predicted octanol–water partition coefficient (Wildman–Crippen LogP) is 4.08. The molecule has 1 aromatic heterocycles. The Morgan fingerprint density at radius 2 is 1.82 bits per heavy atom. The molecule has 28 heavy (non-hydrogen) atoms. The van der Waals surface area contributed by atoms with Gasteiger partial charge in [-0.2, -0.15) is 0 Å². The van der Waals surface area contributed by atoms with E-state index in [-0.39, 0.29) is 12.5 Å². The number of hydrogen-bond acceptors (Lipinski definition) is 2. The molecular weight excluding hydrogens is 371 g/mol. The van der Waals surface area contributed by atoms with Crippen molar-refractivity contribution in [2.45, 2.75) is 13.3 Å². The fourth-order valence-corrected chi connectivity index (χ4v) is 2.87. The summed E-state index contributed by atoms with van der Waals surface area (Å²) in [6, 6.07) is 10.7. The third-order valence-electron chi connectivity index (χ3n) is 4.18. The van der Waals surface area contributed by atoms with E-state index >= 15 is 0 Å². The minimum atomic E-state index is -1.67. The van der Waals surface area contributed by atoms with Crippen molar-refractivity contribution in [3.8, 4) is 0 Å². The monoisotopic (exact) mass is 389 g/mol. The molecule has 8 heteroatoms. The van der Waals surface area contributed by atoms with Crippen molar-refractivity contribution in [2.75, 3.05) is 18.4 Å². The summed E-state index contributed by atoms with van der Waals surface area (Å²) in [6.07, 6.45) is 0.596. The number of H-pyrrole nitrogens is 1. The fourth-order valence-electron chi connectivity index (χ4n) is 2.87. The van der Waals surface area contributed by atoms with Gasteiger partial charge < -0.3 is 15.2 Å². The van der Waals surface area contributed by atoms with Crippen LogP contribution in [-0.4, -0.2) is 34.8 Å². The predicted molar refractivity (Wildman–Crippen MR) is 99.4 cm³/mol. The van der Waals surface area contributed by atoms with Crippen LogP contribution >= 0.6 is 0 Å². The standard InChI is InChI=1S/C20H18F3N3O2/c1-2-9-26(20(28)16-10-12-5-3-4-6-14(12)24-16)11-17(27)25-15-8-7-13(21)18(22)19(15)23/h3-8,10,24H,2,9,11H2,1H3,(H,25,27). The van der Waals surface area contributed by atoms with Crippen molar-refractivity contribution < 1.29 is 22.8 Å². The normalized spacial score (nSPS) is 10.9. The van der Waals surface area contributed by atoms with Gasteiger partial charge in [-0.1, -0.05) is 25.1 Å². The lowest BCUT2D eigenvalue weighted by molar-refractivity contribution is -0.116. The number of nitrogens with one attached hydrogen (secondary N) is 2. The van der Waals surface area contributed by atoms with Gasteiger partial charge in [0.15, 0.2) is 17.5 Å². The van der Waals surface area contributed by atoms with Gasteiger partial charge in [0.1, 0.15) is 12.2 Å². The Balaban J connectivity index is 1.75. The number of fused-ring (bicyclic) bond motifs is 1. The maximum Gasteiger partial charge on any atom is 0.270 e. The largest absolute Gasteiger partial charge is 0.351 e. The first-order valence-electron chi connectivity index (χ1n) is 8.71. The van der Waals surface area contributed by atoms with Crippen LogP contribution in [0.5, 0.6) is 0 Å². The zero-order valence-corrected chi connectivity index (χ0v) is 15.1. The zero-order valence-electron chi connectivity index (χ0n) is 15.1. The van der Waals surface area contributed by atoms with Crippen LogP contribution in [0.4, 0.5) is 18.9 Å². The van der Waals surface area contributed by atoms with Gasteiger partial charge in [0.25, 0.3) is 5.91 Å². The Kier molecular flexibility index (Phi) is 5.67. The van der Waals surface area contributed by atoms with E-state index in [9.17, 15) is 22.8 Å². The van der Waals surface area contributed by atoms with Crippen LogP contribution in [0.25, 0.3) is 10.9 Å². The van der Waals surface area contributed by atoms with Gasteiger partial charge >= 0.3 is 0 Å². The molecule has 0 bridgehead atoms. The van der Waals surface area contributed by atoms with Gasteiger partial charge in [-0.3, -0.25) is 9.59 Å². The first kappa shape index (κ1) is 19.5. The number of benzene rings is 2. The summed E-state index contributed by atoms with van der Waals surface area (Å²) in [6.45, 7) is 1.78. The van der Waals surface area contributed by atoms with E-state index in [0.717, 1.165) is 17.0 Å². The van der Waals surface area contributed by atoms with Crippen LogP contribution in [0.2, 0.25) is 0 Å². The minimum absolute atomic E-state index is 0.294. The highest BCUT2D eigenvalue weighted by Gasteiger charge is 2.21. The number of aromatic amines is 1. The van der Waals surface area contributed by atoms with Gasteiger partial charge in [0.05, 0.1) is 5.69 Å². The lowest BCUT2D eigenvalue weighted by Gasteiger charge is -2.21. The summed E-state index contributed by atoms with van der Waals surface area (Å²) in [5.74, 6) is -5.62. The van der Waals surface area contributed by atoms with Gasteiger partial charge in [-0.15, -0.1) is 0 Å². The van der Waals surface area contributed by atoms with Crippen LogP contribution in [0.1, 0.15) is 23.8 Å². The van der Waals surface area contributed by atoms with Crippen LogP contribution in [0.3, 0.4) is 0 Å². The lowest BCUT2D eigenvalue weighted by Crippen LogP contribution is -2.38. The number of halogens is 3. The molecule has 1 heterocycles. The molecule has 0 radical (unpaired) electrons. The topological polar surface area (TPSA) is 65.2 Å². The van der Waals surface area contributed by atoms with Gasteiger partial charge in [-0.05, 0) is 30.7 Å². The van der Waals surface area contributed by atoms with Crippen molar-refractivity contribution in [2.24, 2.45) is 0 Å². The summed E-state index contributed by atoms with van der Waals surface area (Å²) in [4.78, 5) is 29.4. The number of carbonyl (C=O) groups excluding carboxylic acids is 2. The minimum Gasteiger partial charge on any atom is -0.351 e. The highest BCUT2D eigenvalue weighted by Crippen LogP contribution is 2.20. The number of nitrogens with zero attached hydrogens (tertiary/aromatic N) is 1. The fraction of sp³-hybridized carbons (Fsp3) is 0.200. The molecule has 0 aliphatic heterocycles. The van der Waals surface area contributed by atoms with Gasteiger partial charge in [0, 0.05) is 17.4 Å². The maximum absolute atomic E-state index is 13.7. The van der Waals surface area contributed by atoms with Crippen molar-refractivity contribution in [3.63, 3.8) is 0 Å². The molecule has 0 aliphatic carbocycles. The lowest BCUT2D eigenvalue weighted by atomic mass is 10.2. The second-order valence-corrected chi connectivity index (χ2v) is 6.27. The average Bonchev–Trinajstić information content (AvgIpc) is 3.12. The highest BCUT2D eigenvalue weighted by atomic mass is 19.2. The van der Waals surface area contributed by atoms with E-state index in [1.54, 1.807) is 6.07 Å². The second-order valence-electron chi connectivity index (χ2n) is 6.27. The molecule has 0 unspecified atom stereocenters. The number of rotatable bonds is 6. The van der Waals surface area contributed by atoms with E-state index in [0.29, 0.717) is 24.7 Å². The van der Waals surface area contributed by atoms with E-state index in [2.05, 4.69) is 10.3 Å². The zero-order chi connectivity index (χ0) is 20.3. The molecule has 0 atom stereocenters. The molecule has 0 saturated carbocycles. The first-order valence-corrected chi connectivity index (χ1v) is 8.71. The molecule has 0 aliphatic rings. The van der Waals surface area contributed by atoms with Crippen molar-refractivity contribution in [3.05, 3.63) is 65.6 Å². The SMILES string of the molecule is CCCN(CC(=O)Nc1ccc(F)c(F)c1F)C(=O)c1cc2ccccc2[nH]1.